The molecule has 0 N–H and O–H groups in total. The van der Waals surface area contributed by atoms with E-state index >= 15 is 0 Å². The van der Waals surface area contributed by atoms with Crippen molar-refractivity contribution in [3.63, 3.8) is 0 Å². The molecule has 0 spiro atoms. The minimum absolute atomic E-state index is 1.04. The number of hydrogen-bond donors (Lipinski definition) is 0. The van der Waals surface area contributed by atoms with E-state index in [1.807, 2.05) is 25.1 Å². The molecule has 0 amide bonds. The van der Waals surface area contributed by atoms with Gasteiger partial charge in [-0.15, -0.1) is 11.8 Å². The summed E-state index contributed by atoms with van der Waals surface area (Å²) in [6.45, 7) is 11.8. The smallest absolute Gasteiger partial charge is 0.0153 e. The molecule has 12 heavy (non-hydrogen) atoms. The van der Waals surface area contributed by atoms with Crippen LogP contribution in [0.1, 0.15) is 13.8 Å². The molecule has 0 fully saturated rings. The summed E-state index contributed by atoms with van der Waals surface area (Å²) in [5, 5.41) is 0. The van der Waals surface area contributed by atoms with Gasteiger partial charge in [0.2, 0.25) is 0 Å². The van der Waals surface area contributed by atoms with E-state index in [0.717, 1.165) is 10.6 Å². The minimum atomic E-state index is 1.04. The van der Waals surface area contributed by atoms with Crippen LogP contribution in [-0.2, 0) is 0 Å². The Kier molecular flexibility index (Phi) is 4.83. The summed E-state index contributed by atoms with van der Waals surface area (Å²) in [6, 6.07) is 0. The van der Waals surface area contributed by atoms with Crippen LogP contribution in [0.4, 0.5) is 0 Å². The molecular weight excluding hydrogens is 166 g/mol. The number of hydrogen-bond acceptors (Lipinski definition) is 2. The van der Waals surface area contributed by atoms with E-state index in [2.05, 4.69) is 26.2 Å². The van der Waals surface area contributed by atoms with E-state index in [1.54, 1.807) is 11.8 Å². The molecule has 0 aliphatic rings. The summed E-state index contributed by atoms with van der Waals surface area (Å²) < 4.78 is 0. The monoisotopic (exact) mass is 183 g/mol. The van der Waals surface area contributed by atoms with Gasteiger partial charge in [0.25, 0.3) is 0 Å². The van der Waals surface area contributed by atoms with Gasteiger partial charge in [-0.1, -0.05) is 13.2 Å². The van der Waals surface area contributed by atoms with E-state index in [1.165, 1.54) is 5.70 Å². The number of rotatable bonds is 4. The molecule has 0 saturated carbocycles. The summed E-state index contributed by atoms with van der Waals surface area (Å²) in [4.78, 5) is 3.11. The highest BCUT2D eigenvalue weighted by molar-refractivity contribution is 8.02. The van der Waals surface area contributed by atoms with Crippen LogP contribution in [0.2, 0.25) is 0 Å². The molecule has 0 radical (unpaired) electrons. The van der Waals surface area contributed by atoms with Crippen LogP contribution in [0.15, 0.2) is 35.5 Å². The Balaban J connectivity index is 4.36. The molecule has 68 valence electrons. The lowest BCUT2D eigenvalue weighted by Gasteiger charge is -2.19. The maximum atomic E-state index is 3.89. The standard InChI is InChI=1S/C10H17NS/c1-8(2)11(5)9(3)7-10(4)12-6/h7H,1,4H2,2-3,5-6H3/b9-7+. The number of allylic oxidation sites excluding steroid dienone is 3. The predicted molar refractivity (Wildman–Crippen MR) is 59.0 cm³/mol. The molecule has 2 heteroatoms. The lowest BCUT2D eigenvalue weighted by molar-refractivity contribution is 0.524. The molecule has 1 nitrogen and oxygen atoms in total. The molecule has 0 aromatic rings. The molecule has 0 aromatic carbocycles. The highest BCUT2D eigenvalue weighted by atomic mass is 32.2. The maximum absolute atomic E-state index is 3.89. The van der Waals surface area contributed by atoms with Crippen LogP contribution < -0.4 is 0 Å². The molecule has 0 aromatic heterocycles. The van der Waals surface area contributed by atoms with Crippen molar-refractivity contribution in [3.8, 4) is 0 Å². The first kappa shape index (κ1) is 11.4. The Morgan fingerprint density at radius 2 is 1.83 bits per heavy atom. The van der Waals surface area contributed by atoms with Crippen molar-refractivity contribution in [2.24, 2.45) is 0 Å². The molecule has 0 unspecified atom stereocenters. The fraction of sp³-hybridized carbons (Fsp3) is 0.400. The van der Waals surface area contributed by atoms with Crippen LogP contribution in [0.25, 0.3) is 0 Å². The fourth-order valence-corrected chi connectivity index (χ4v) is 0.978. The Bertz CT molecular complexity index is 216. The Morgan fingerprint density at radius 3 is 2.17 bits per heavy atom. The summed E-state index contributed by atoms with van der Waals surface area (Å²) in [6.07, 6.45) is 4.08. The lowest BCUT2D eigenvalue weighted by atomic mass is 10.3. The second-order valence-electron chi connectivity index (χ2n) is 2.75. The van der Waals surface area contributed by atoms with Gasteiger partial charge in [-0.05, 0) is 26.2 Å². The van der Waals surface area contributed by atoms with E-state index in [0.29, 0.717) is 0 Å². The SMILES string of the molecule is C=C(/C=C(\C)N(C)C(=C)C)SC. The van der Waals surface area contributed by atoms with Crippen LogP contribution in [0.3, 0.4) is 0 Å². The van der Waals surface area contributed by atoms with Gasteiger partial charge >= 0.3 is 0 Å². The highest BCUT2D eigenvalue weighted by Crippen LogP contribution is 2.15. The third kappa shape index (κ3) is 3.67. The second-order valence-corrected chi connectivity index (χ2v) is 3.68. The lowest BCUT2D eigenvalue weighted by Crippen LogP contribution is -2.12. The molecule has 0 rings (SSSR count). The van der Waals surface area contributed by atoms with Crippen molar-refractivity contribution in [2.75, 3.05) is 13.3 Å². The van der Waals surface area contributed by atoms with E-state index < -0.39 is 0 Å². The van der Waals surface area contributed by atoms with Gasteiger partial charge in [-0.25, -0.2) is 0 Å². The Hall–Kier alpha value is -0.630. The first-order valence-corrected chi connectivity index (χ1v) is 5.02. The van der Waals surface area contributed by atoms with Crippen molar-refractivity contribution >= 4 is 11.8 Å². The highest BCUT2D eigenvalue weighted by Gasteiger charge is 1.98. The quantitative estimate of drug-likeness (QED) is 0.616. The topological polar surface area (TPSA) is 3.24 Å². The molecule has 0 heterocycles. The number of nitrogens with zero attached hydrogens (tertiary/aromatic N) is 1. The predicted octanol–water partition coefficient (Wildman–Crippen LogP) is 3.23. The summed E-state index contributed by atoms with van der Waals surface area (Å²) in [5.41, 5.74) is 2.21. The van der Waals surface area contributed by atoms with Crippen molar-refractivity contribution < 1.29 is 0 Å². The van der Waals surface area contributed by atoms with Crippen molar-refractivity contribution in [3.05, 3.63) is 35.5 Å². The average molecular weight is 183 g/mol. The van der Waals surface area contributed by atoms with E-state index in [-0.39, 0.29) is 0 Å². The molecule has 0 saturated heterocycles. The second kappa shape index (κ2) is 5.09. The summed E-state index contributed by atoms with van der Waals surface area (Å²) in [5.74, 6) is 0. The van der Waals surface area contributed by atoms with Crippen LogP contribution in [-0.4, -0.2) is 18.2 Å². The number of thioether (sulfide) groups is 1. The first-order chi connectivity index (χ1) is 5.49. The molecular formula is C10H17NS. The van der Waals surface area contributed by atoms with Gasteiger partial charge < -0.3 is 4.90 Å². The van der Waals surface area contributed by atoms with Crippen LogP contribution in [0.5, 0.6) is 0 Å². The summed E-state index contributed by atoms with van der Waals surface area (Å²) >= 11 is 1.66. The van der Waals surface area contributed by atoms with Gasteiger partial charge in [0.15, 0.2) is 0 Å². The molecule has 0 atom stereocenters. The Morgan fingerprint density at radius 1 is 1.33 bits per heavy atom. The Labute approximate surface area is 79.8 Å². The van der Waals surface area contributed by atoms with Crippen molar-refractivity contribution in [1.29, 1.82) is 0 Å². The molecule has 0 aliphatic carbocycles. The molecule has 0 aliphatic heterocycles. The normalized spacial score (nSPS) is 11.2. The zero-order valence-corrected chi connectivity index (χ0v) is 9.16. The minimum Gasteiger partial charge on any atom is -0.353 e. The fourth-order valence-electron chi connectivity index (χ4n) is 0.690. The van der Waals surface area contributed by atoms with Crippen molar-refractivity contribution in [2.45, 2.75) is 13.8 Å². The van der Waals surface area contributed by atoms with Gasteiger partial charge in [-0.3, -0.25) is 0 Å². The zero-order valence-electron chi connectivity index (χ0n) is 8.35. The van der Waals surface area contributed by atoms with Gasteiger partial charge in [-0.2, -0.15) is 0 Å². The maximum Gasteiger partial charge on any atom is 0.0153 e. The largest absolute Gasteiger partial charge is 0.353 e. The van der Waals surface area contributed by atoms with Gasteiger partial charge in [0, 0.05) is 23.3 Å². The van der Waals surface area contributed by atoms with Gasteiger partial charge in [0.05, 0.1) is 0 Å². The first-order valence-electron chi connectivity index (χ1n) is 3.79. The summed E-state index contributed by atoms with van der Waals surface area (Å²) in [7, 11) is 2.00. The van der Waals surface area contributed by atoms with Gasteiger partial charge in [0.1, 0.15) is 0 Å². The zero-order chi connectivity index (χ0) is 9.72. The van der Waals surface area contributed by atoms with E-state index in [9.17, 15) is 0 Å². The van der Waals surface area contributed by atoms with E-state index in [4.69, 9.17) is 0 Å². The van der Waals surface area contributed by atoms with Crippen LogP contribution in [0, 0.1) is 0 Å². The third-order valence-corrected chi connectivity index (χ3v) is 2.38. The third-order valence-electron chi connectivity index (χ3n) is 1.73. The molecule has 0 bridgehead atoms. The van der Waals surface area contributed by atoms with Crippen molar-refractivity contribution in [1.82, 2.24) is 4.90 Å². The van der Waals surface area contributed by atoms with Crippen LogP contribution >= 0.6 is 11.8 Å². The average Bonchev–Trinajstić information content (AvgIpc) is 2.02.